The van der Waals surface area contributed by atoms with Crippen LogP contribution in [0.3, 0.4) is 0 Å². The lowest BCUT2D eigenvalue weighted by molar-refractivity contribution is -0.274. The molecule has 1 heterocycles. The van der Waals surface area contributed by atoms with Gasteiger partial charge in [0.25, 0.3) is 11.8 Å². The van der Waals surface area contributed by atoms with Gasteiger partial charge in [-0.2, -0.15) is 0 Å². The third kappa shape index (κ3) is 4.40. The van der Waals surface area contributed by atoms with Crippen LogP contribution in [0.15, 0.2) is 54.2 Å². The van der Waals surface area contributed by atoms with E-state index in [9.17, 15) is 22.8 Å². The van der Waals surface area contributed by atoms with Gasteiger partial charge in [-0.05, 0) is 43.7 Å². The second-order valence-corrected chi connectivity index (χ2v) is 6.75. The summed E-state index contributed by atoms with van der Waals surface area (Å²) >= 11 is 0. The van der Waals surface area contributed by atoms with E-state index in [-0.39, 0.29) is 17.0 Å². The zero-order chi connectivity index (χ0) is 22.1. The lowest BCUT2D eigenvalue weighted by atomic mass is 10.0. The van der Waals surface area contributed by atoms with Crippen LogP contribution in [0.5, 0.6) is 11.5 Å². The molecular weight excluding hydrogens is 401 g/mol. The van der Waals surface area contributed by atoms with Crippen molar-refractivity contribution < 1.29 is 32.2 Å². The fourth-order valence-corrected chi connectivity index (χ4v) is 3.07. The van der Waals surface area contributed by atoms with Gasteiger partial charge < -0.3 is 14.8 Å². The molecule has 2 amide bonds. The van der Waals surface area contributed by atoms with Gasteiger partial charge in [-0.15, -0.1) is 13.2 Å². The van der Waals surface area contributed by atoms with Crippen LogP contribution in [0.25, 0.3) is 5.57 Å². The summed E-state index contributed by atoms with van der Waals surface area (Å²) in [7, 11) is 1.50. The molecule has 0 saturated heterocycles. The number of imide groups is 1. The van der Waals surface area contributed by atoms with Crippen LogP contribution in [-0.4, -0.2) is 36.2 Å². The van der Waals surface area contributed by atoms with Crippen molar-refractivity contribution in [2.24, 2.45) is 0 Å². The number of halogens is 3. The lowest BCUT2D eigenvalue weighted by Crippen LogP contribution is -2.38. The van der Waals surface area contributed by atoms with Gasteiger partial charge in [0, 0.05) is 17.8 Å². The van der Waals surface area contributed by atoms with Crippen LogP contribution in [0, 0.1) is 0 Å². The van der Waals surface area contributed by atoms with Crippen LogP contribution < -0.4 is 14.8 Å². The Balaban J connectivity index is 2.03. The summed E-state index contributed by atoms with van der Waals surface area (Å²) in [6.07, 6.45) is -4.85. The molecule has 158 valence electrons. The summed E-state index contributed by atoms with van der Waals surface area (Å²) < 4.78 is 46.6. The topological polar surface area (TPSA) is 67.9 Å². The molecule has 0 unspecified atom stereocenters. The normalized spacial score (nSPS) is 14.6. The molecule has 1 N–H and O–H groups in total. The fourth-order valence-electron chi connectivity index (χ4n) is 3.07. The molecule has 30 heavy (non-hydrogen) atoms. The van der Waals surface area contributed by atoms with Gasteiger partial charge in [-0.25, -0.2) is 0 Å². The first-order valence-electron chi connectivity index (χ1n) is 9.00. The average molecular weight is 420 g/mol. The van der Waals surface area contributed by atoms with Gasteiger partial charge in [0.2, 0.25) is 0 Å². The molecule has 3 rings (SSSR count). The molecule has 0 atom stereocenters. The number of nitrogens with one attached hydrogen (secondary N) is 1. The van der Waals surface area contributed by atoms with Crippen LogP contribution >= 0.6 is 0 Å². The largest absolute Gasteiger partial charge is 0.573 e. The molecule has 6 nitrogen and oxygen atoms in total. The van der Waals surface area contributed by atoms with Gasteiger partial charge >= 0.3 is 6.36 Å². The van der Waals surface area contributed by atoms with E-state index in [1.807, 2.05) is 0 Å². The Morgan fingerprint density at radius 3 is 2.20 bits per heavy atom. The molecule has 2 aromatic carbocycles. The highest BCUT2D eigenvalue weighted by Crippen LogP contribution is 2.33. The van der Waals surface area contributed by atoms with E-state index in [1.54, 1.807) is 38.1 Å². The summed E-state index contributed by atoms with van der Waals surface area (Å²) in [5, 5.41) is 2.80. The molecule has 0 saturated carbocycles. The second-order valence-electron chi connectivity index (χ2n) is 6.75. The summed E-state index contributed by atoms with van der Waals surface area (Å²) in [5.74, 6) is -0.937. The Morgan fingerprint density at radius 1 is 0.967 bits per heavy atom. The quantitative estimate of drug-likeness (QED) is 0.710. The van der Waals surface area contributed by atoms with Crippen LogP contribution in [0.4, 0.5) is 18.9 Å². The van der Waals surface area contributed by atoms with Crippen LogP contribution in [0.2, 0.25) is 0 Å². The number of ether oxygens (including phenoxy) is 2. The Kier molecular flexibility index (Phi) is 5.73. The highest BCUT2D eigenvalue weighted by molar-refractivity contribution is 6.36. The number of hydrogen-bond donors (Lipinski definition) is 1. The van der Waals surface area contributed by atoms with Gasteiger partial charge in [0.05, 0.1) is 12.7 Å². The Bertz CT molecular complexity index is 998. The number of nitrogens with zero attached hydrogens (tertiary/aromatic N) is 1. The minimum atomic E-state index is -4.85. The van der Waals surface area contributed by atoms with Gasteiger partial charge in [-0.3, -0.25) is 14.5 Å². The molecular formula is C21H19F3N2O4. The zero-order valence-corrected chi connectivity index (χ0v) is 16.4. The maximum absolute atomic E-state index is 13.0. The molecule has 0 fully saturated rings. The number of methoxy groups -OCH3 is 1. The number of alkyl halides is 3. The lowest BCUT2D eigenvalue weighted by Gasteiger charge is -2.19. The minimum Gasteiger partial charge on any atom is -0.497 e. The SMILES string of the molecule is COc1ccc(C2=C(Nc3cccc(OC(F)(F)F)c3)C(=O)N(C(C)C)C2=O)cc1. The van der Waals surface area contributed by atoms with Crippen molar-refractivity contribution >= 4 is 23.1 Å². The first-order valence-corrected chi connectivity index (χ1v) is 9.00. The molecule has 1 aliphatic rings. The van der Waals surface area contributed by atoms with Crippen molar-refractivity contribution in [3.8, 4) is 11.5 Å². The monoisotopic (exact) mass is 420 g/mol. The average Bonchev–Trinajstić information content (AvgIpc) is 2.90. The fraction of sp³-hybridized carbons (Fsp3) is 0.238. The molecule has 1 aliphatic heterocycles. The molecule has 0 aliphatic carbocycles. The van der Waals surface area contributed by atoms with E-state index in [0.717, 1.165) is 17.0 Å². The highest BCUT2D eigenvalue weighted by atomic mass is 19.4. The van der Waals surface area contributed by atoms with E-state index in [1.165, 1.54) is 19.2 Å². The minimum absolute atomic E-state index is 0.0250. The van der Waals surface area contributed by atoms with E-state index < -0.39 is 30.0 Å². The second kappa shape index (κ2) is 8.10. The first kappa shape index (κ1) is 21.2. The van der Waals surface area contributed by atoms with Crippen LogP contribution in [-0.2, 0) is 9.59 Å². The molecule has 0 aromatic heterocycles. The van der Waals surface area contributed by atoms with Crippen molar-refractivity contribution in [1.82, 2.24) is 4.90 Å². The number of anilines is 1. The molecule has 2 aromatic rings. The summed E-state index contributed by atoms with van der Waals surface area (Å²) in [5.41, 5.74) is 0.744. The Labute approximate surface area is 170 Å². The standard InChI is InChI=1S/C21H19F3N2O4/c1-12(2)26-19(27)17(13-7-9-15(29-3)10-8-13)18(20(26)28)25-14-5-4-6-16(11-14)30-21(22,23)24/h4-12,25H,1-3H3. The molecule has 0 spiro atoms. The summed E-state index contributed by atoms with van der Waals surface area (Å²) in [6.45, 7) is 3.39. The van der Waals surface area contributed by atoms with E-state index in [2.05, 4.69) is 10.1 Å². The zero-order valence-electron chi connectivity index (χ0n) is 16.4. The van der Waals surface area contributed by atoms with Crippen LogP contribution in [0.1, 0.15) is 19.4 Å². The maximum Gasteiger partial charge on any atom is 0.573 e. The molecule has 0 bridgehead atoms. The number of benzene rings is 2. The summed E-state index contributed by atoms with van der Waals surface area (Å²) in [6, 6.07) is 11.2. The van der Waals surface area contributed by atoms with Gasteiger partial charge in [-0.1, -0.05) is 18.2 Å². The predicted molar refractivity (Wildman–Crippen MR) is 104 cm³/mol. The van der Waals surface area contributed by atoms with Gasteiger partial charge in [0.15, 0.2) is 0 Å². The maximum atomic E-state index is 13.0. The Hall–Kier alpha value is -3.49. The number of hydrogen-bond acceptors (Lipinski definition) is 5. The van der Waals surface area contributed by atoms with Gasteiger partial charge in [0.1, 0.15) is 17.2 Å². The number of amides is 2. The Morgan fingerprint density at radius 2 is 1.63 bits per heavy atom. The highest BCUT2D eigenvalue weighted by Gasteiger charge is 2.40. The number of carbonyl (C=O) groups excluding carboxylic acids is 2. The predicted octanol–water partition coefficient (Wildman–Crippen LogP) is 4.19. The first-order chi connectivity index (χ1) is 14.1. The number of carbonyl (C=O) groups is 2. The van der Waals surface area contributed by atoms with E-state index >= 15 is 0 Å². The third-order valence-corrected chi connectivity index (χ3v) is 4.35. The van der Waals surface area contributed by atoms with E-state index in [4.69, 9.17) is 4.74 Å². The summed E-state index contributed by atoms with van der Waals surface area (Å²) in [4.78, 5) is 27.0. The smallest absolute Gasteiger partial charge is 0.497 e. The van der Waals surface area contributed by atoms with Crippen molar-refractivity contribution in [1.29, 1.82) is 0 Å². The molecule has 0 radical (unpaired) electrons. The molecule has 9 heteroatoms. The van der Waals surface area contributed by atoms with E-state index in [0.29, 0.717) is 11.3 Å². The van der Waals surface area contributed by atoms with Crippen molar-refractivity contribution in [3.05, 3.63) is 59.8 Å². The van der Waals surface area contributed by atoms with Crippen molar-refractivity contribution in [3.63, 3.8) is 0 Å². The van der Waals surface area contributed by atoms with Crippen molar-refractivity contribution in [2.75, 3.05) is 12.4 Å². The number of rotatable bonds is 6. The third-order valence-electron chi connectivity index (χ3n) is 4.35. The van der Waals surface area contributed by atoms with Crippen molar-refractivity contribution in [2.45, 2.75) is 26.3 Å².